The van der Waals surface area contributed by atoms with Gasteiger partial charge in [0.25, 0.3) is 11.8 Å². The van der Waals surface area contributed by atoms with Crippen molar-refractivity contribution in [3.05, 3.63) is 41.5 Å². The van der Waals surface area contributed by atoms with Crippen LogP contribution in [0.3, 0.4) is 0 Å². The first-order chi connectivity index (χ1) is 28.5. The molecule has 2 fully saturated rings. The molecule has 1 aromatic rings. The van der Waals surface area contributed by atoms with Crippen LogP contribution < -0.4 is 16.0 Å². The molecule has 20 heteroatoms. The molecule has 7 N–H and O–H groups in total. The number of nitrogens with one attached hydrogen (secondary N) is 3. The van der Waals surface area contributed by atoms with Crippen LogP contribution in [0, 0.1) is 11.3 Å². The van der Waals surface area contributed by atoms with Crippen molar-refractivity contribution in [2.75, 3.05) is 25.1 Å². The summed E-state index contributed by atoms with van der Waals surface area (Å²) in [5, 5.41) is 48.4. The van der Waals surface area contributed by atoms with E-state index >= 15 is 0 Å². The van der Waals surface area contributed by atoms with E-state index in [9.17, 15) is 58.8 Å². The highest BCUT2D eigenvalue weighted by atomic mass is 16.6. The number of rotatable bonds is 18. The fraction of sp³-hybridized carbons (Fsp3) is 0.610. The molecule has 4 rings (SSSR count). The molecule has 0 aliphatic carbocycles. The molecule has 3 heterocycles. The number of likely N-dealkylation sites (tertiary alicyclic amines) is 1. The molecule has 3 aliphatic heterocycles. The van der Waals surface area contributed by atoms with Crippen molar-refractivity contribution in [2.45, 2.75) is 129 Å². The third-order valence-corrected chi connectivity index (χ3v) is 10.6. The average molecular weight is 860 g/mol. The molecule has 1 aromatic carbocycles. The summed E-state index contributed by atoms with van der Waals surface area (Å²) in [6.45, 7) is 11.3. The number of aliphatic carboxylic acids is 1. The van der Waals surface area contributed by atoms with E-state index in [1.165, 1.54) is 17.9 Å². The lowest BCUT2D eigenvalue weighted by Gasteiger charge is -2.39. The van der Waals surface area contributed by atoms with E-state index in [0.29, 0.717) is 17.7 Å². The third kappa shape index (κ3) is 12.0. The van der Waals surface area contributed by atoms with Crippen LogP contribution >= 0.6 is 0 Å². The summed E-state index contributed by atoms with van der Waals surface area (Å²) in [7, 11) is 0. The quantitative estimate of drug-likeness (QED) is 0.0700. The zero-order valence-corrected chi connectivity index (χ0v) is 35.3. The van der Waals surface area contributed by atoms with E-state index in [1.807, 2.05) is 0 Å². The molecule has 6 amide bonds. The maximum atomic E-state index is 13.5. The van der Waals surface area contributed by atoms with Gasteiger partial charge in [-0.3, -0.25) is 38.5 Å². The number of benzene rings is 1. The van der Waals surface area contributed by atoms with Crippen LogP contribution in [-0.2, 0) is 65.6 Å². The number of aliphatic hydroxyl groups is 3. The Hall–Kier alpha value is -5.28. The molecule has 0 spiro atoms. The highest BCUT2D eigenvalue weighted by Crippen LogP contribution is 2.29. The topological polar surface area (TPSA) is 288 Å². The van der Waals surface area contributed by atoms with E-state index in [2.05, 4.69) is 16.0 Å². The molecule has 61 heavy (non-hydrogen) atoms. The molecule has 9 atom stereocenters. The van der Waals surface area contributed by atoms with Gasteiger partial charge >= 0.3 is 11.9 Å². The van der Waals surface area contributed by atoms with Crippen molar-refractivity contribution in [3.8, 4) is 0 Å². The predicted octanol–water partition coefficient (Wildman–Crippen LogP) is -0.842. The van der Waals surface area contributed by atoms with Crippen LogP contribution in [0.2, 0.25) is 0 Å². The molecular weight excluding hydrogens is 802 g/mol. The van der Waals surface area contributed by atoms with Gasteiger partial charge in [0.15, 0.2) is 6.10 Å². The number of aryl methyl sites for hydroxylation is 1. The number of hydrogen-bond donors (Lipinski definition) is 7. The number of carbonyl (C=O) groups excluding carboxylic acids is 7. The van der Waals surface area contributed by atoms with Gasteiger partial charge < -0.3 is 55.5 Å². The van der Waals surface area contributed by atoms with Crippen molar-refractivity contribution < 1.29 is 73.0 Å². The Labute approximate surface area is 352 Å². The number of carbonyl (C=O) groups is 8. The monoisotopic (exact) mass is 859 g/mol. The van der Waals surface area contributed by atoms with Crippen molar-refractivity contribution in [1.82, 2.24) is 20.4 Å². The lowest BCUT2D eigenvalue weighted by atomic mass is 9.91. The number of amides is 6. The first-order valence-electron chi connectivity index (χ1n) is 20.1. The molecule has 0 aromatic heterocycles. The van der Waals surface area contributed by atoms with Gasteiger partial charge in [0, 0.05) is 30.9 Å². The summed E-state index contributed by atoms with van der Waals surface area (Å²) in [4.78, 5) is 105. The van der Waals surface area contributed by atoms with Crippen molar-refractivity contribution in [3.63, 3.8) is 0 Å². The second kappa shape index (κ2) is 20.5. The maximum absolute atomic E-state index is 13.5. The number of ether oxygens (including phenoxy) is 3. The van der Waals surface area contributed by atoms with E-state index in [4.69, 9.17) is 14.2 Å². The summed E-state index contributed by atoms with van der Waals surface area (Å²) in [6, 6.07) is 0.648. The first-order valence-corrected chi connectivity index (χ1v) is 20.1. The van der Waals surface area contributed by atoms with Gasteiger partial charge in [-0.25, -0.2) is 4.79 Å². The molecule has 0 unspecified atom stereocenters. The minimum absolute atomic E-state index is 0.0456. The molecule has 0 saturated carbocycles. The minimum Gasteiger partial charge on any atom is -0.479 e. The molecule has 0 radical (unpaired) electrons. The van der Waals surface area contributed by atoms with Gasteiger partial charge in [0.05, 0.1) is 30.7 Å². The van der Waals surface area contributed by atoms with Crippen LogP contribution in [0.15, 0.2) is 30.4 Å². The lowest BCUT2D eigenvalue weighted by Crippen LogP contribution is -2.59. The lowest BCUT2D eigenvalue weighted by molar-refractivity contribution is -0.228. The number of hydrogen-bond acceptors (Lipinski definition) is 14. The van der Waals surface area contributed by atoms with E-state index in [1.54, 1.807) is 53.7 Å². The largest absolute Gasteiger partial charge is 0.479 e. The summed E-state index contributed by atoms with van der Waals surface area (Å²) in [5.74, 6) is -6.43. The second-order valence-electron chi connectivity index (χ2n) is 16.7. The molecule has 2 saturated heterocycles. The standard InChI is InChI=1S/C41H57N5O15/c1-8-59-19-25-16-26(46-29(48)13-14-30(46)49)38(55)45(25)17-28(47)44-31(20(2)3)37(54)42-21(4)36(53)43-24-11-9-23(18-60-40(58)41(5,6)7)22(15-24)10-12-27-32(50)33(51)34(52)35(61-27)39(56)57/h9,11,13-15,20-21,25-27,31-35,50-52H,8,10,12,16-19H2,1-7H3,(H,42,54)(H,43,53)(H,44,47)(H,56,57)/t21-,25-,26+,27-,31-,32-,33+,34-,35-/m0/s1. The zero-order valence-electron chi connectivity index (χ0n) is 35.3. The summed E-state index contributed by atoms with van der Waals surface area (Å²) in [6.07, 6.45) is -6.05. The van der Waals surface area contributed by atoms with Gasteiger partial charge in [-0.2, -0.15) is 0 Å². The Morgan fingerprint density at radius 3 is 2.16 bits per heavy atom. The normalized spacial score (nSPS) is 25.1. The fourth-order valence-corrected chi connectivity index (χ4v) is 7.07. The van der Waals surface area contributed by atoms with E-state index in [-0.39, 0.29) is 38.2 Å². The summed E-state index contributed by atoms with van der Waals surface area (Å²) in [5.41, 5.74) is 0.463. The van der Waals surface area contributed by atoms with Crippen LogP contribution in [-0.4, -0.2) is 152 Å². The number of carboxylic acid groups (broad SMARTS) is 1. The van der Waals surface area contributed by atoms with Gasteiger partial charge in [0.2, 0.25) is 23.6 Å². The third-order valence-electron chi connectivity index (χ3n) is 10.6. The van der Waals surface area contributed by atoms with Crippen molar-refractivity contribution in [2.24, 2.45) is 11.3 Å². The second-order valence-corrected chi connectivity index (χ2v) is 16.7. The Kier molecular flexibility index (Phi) is 16.3. The predicted molar refractivity (Wildman–Crippen MR) is 213 cm³/mol. The summed E-state index contributed by atoms with van der Waals surface area (Å²) < 4.78 is 16.4. The summed E-state index contributed by atoms with van der Waals surface area (Å²) >= 11 is 0. The molecular formula is C41H57N5O15. The van der Waals surface area contributed by atoms with Crippen LogP contribution in [0.1, 0.15) is 72.4 Å². The fourth-order valence-electron chi connectivity index (χ4n) is 7.07. The van der Waals surface area contributed by atoms with Gasteiger partial charge in [0.1, 0.15) is 43.0 Å². The molecule has 0 bridgehead atoms. The maximum Gasteiger partial charge on any atom is 0.335 e. The number of aliphatic hydroxyl groups excluding tert-OH is 3. The Bertz CT molecular complexity index is 1860. The van der Waals surface area contributed by atoms with Gasteiger partial charge in [-0.05, 0) is 76.6 Å². The van der Waals surface area contributed by atoms with Crippen LogP contribution in [0.5, 0.6) is 0 Å². The van der Waals surface area contributed by atoms with Crippen LogP contribution in [0.4, 0.5) is 5.69 Å². The minimum atomic E-state index is -1.86. The Balaban J connectivity index is 1.43. The number of imide groups is 1. The molecule has 3 aliphatic rings. The highest BCUT2D eigenvalue weighted by Gasteiger charge is 2.48. The first kappa shape index (κ1) is 48.4. The Morgan fingerprint density at radius 2 is 1.57 bits per heavy atom. The van der Waals surface area contributed by atoms with Crippen molar-refractivity contribution in [1.29, 1.82) is 0 Å². The molecule has 336 valence electrons. The zero-order chi connectivity index (χ0) is 45.5. The smallest absolute Gasteiger partial charge is 0.335 e. The number of nitrogens with zero attached hydrogens (tertiary/aromatic N) is 2. The van der Waals surface area contributed by atoms with Gasteiger partial charge in [-0.15, -0.1) is 0 Å². The van der Waals surface area contributed by atoms with Crippen LogP contribution in [0.25, 0.3) is 0 Å². The number of esters is 1. The highest BCUT2D eigenvalue weighted by molar-refractivity contribution is 6.15. The average Bonchev–Trinajstić information content (AvgIpc) is 3.68. The SMILES string of the molecule is CCOC[C@@H]1C[C@@H](N2C(=O)C=CC2=O)C(=O)N1CC(=O)N[C@H](C(=O)N[C@@H](C)C(=O)Nc1ccc(COC(=O)C(C)(C)C)c(CC[C@@H]2O[C@H](C(=O)O)[C@@H](O)[C@H](O)[C@H]2O)c1)C(C)C. The number of anilines is 1. The number of carboxylic acids is 1. The Morgan fingerprint density at radius 1 is 0.918 bits per heavy atom. The van der Waals surface area contributed by atoms with E-state index < -0.39 is 120 Å². The molecule has 20 nitrogen and oxygen atoms in total. The van der Waals surface area contributed by atoms with Crippen molar-refractivity contribution >= 4 is 53.1 Å². The van der Waals surface area contributed by atoms with Gasteiger partial charge in [-0.1, -0.05) is 19.9 Å². The van der Waals surface area contributed by atoms with E-state index in [0.717, 1.165) is 17.1 Å².